The Balaban J connectivity index is 0.000000211. The van der Waals surface area contributed by atoms with Crippen molar-refractivity contribution in [2.45, 2.75) is 20.8 Å². The summed E-state index contributed by atoms with van der Waals surface area (Å²) in [6, 6.07) is 10.0. The second-order valence-electron chi connectivity index (χ2n) is 4.64. The molecule has 4 nitrogen and oxygen atoms in total. The summed E-state index contributed by atoms with van der Waals surface area (Å²) in [5.41, 5.74) is 2.19. The van der Waals surface area contributed by atoms with Crippen LogP contribution in [-0.4, -0.2) is 23.1 Å². The van der Waals surface area contributed by atoms with Gasteiger partial charge in [-0.15, -0.1) is 0 Å². The van der Waals surface area contributed by atoms with Crippen LogP contribution in [0.1, 0.15) is 28.4 Å². The van der Waals surface area contributed by atoms with Gasteiger partial charge in [0.05, 0.1) is 7.11 Å². The van der Waals surface area contributed by atoms with Crippen molar-refractivity contribution < 1.29 is 19.7 Å². The lowest BCUT2D eigenvalue weighted by Crippen LogP contribution is -1.91. The summed E-state index contributed by atoms with van der Waals surface area (Å²) < 4.78 is 4.94. The molecule has 0 saturated heterocycles. The number of Topliss-reactive ketones (excluding diaryl/α,β-unsaturated/α-hetero) is 1. The number of phenols is 2. The molecule has 0 heterocycles. The molecule has 21 heavy (non-hydrogen) atoms. The molecule has 0 atom stereocenters. The number of methoxy groups -OCH3 is 1. The lowest BCUT2D eigenvalue weighted by Gasteiger charge is -2.03. The molecule has 2 N–H and O–H groups in total. The molecule has 0 spiro atoms. The van der Waals surface area contributed by atoms with Gasteiger partial charge in [-0.2, -0.15) is 0 Å². The molecule has 0 aliphatic carbocycles. The standard InChI is InChI=1S/C9H10O2.C8H10O2/c1-7(10)8-3-5-9(11-2)6-4-8;1-5-6(2)8(10)4-3-7(5)9/h3-6H,1-2H3;3-4,9-10H,1-2H3. The lowest BCUT2D eigenvalue weighted by atomic mass is 10.1. The molecule has 2 aromatic rings. The van der Waals surface area contributed by atoms with Gasteiger partial charge in [-0.1, -0.05) is 0 Å². The van der Waals surface area contributed by atoms with E-state index >= 15 is 0 Å². The predicted octanol–water partition coefficient (Wildman–Crippen LogP) is 3.61. The molecule has 112 valence electrons. The van der Waals surface area contributed by atoms with Crippen LogP contribution < -0.4 is 4.74 Å². The summed E-state index contributed by atoms with van der Waals surface area (Å²) in [4.78, 5) is 10.8. The van der Waals surface area contributed by atoms with E-state index < -0.39 is 0 Å². The Hall–Kier alpha value is -2.49. The van der Waals surface area contributed by atoms with Crippen molar-refractivity contribution in [3.8, 4) is 17.2 Å². The minimum absolute atomic E-state index is 0.0765. The van der Waals surface area contributed by atoms with Crippen molar-refractivity contribution >= 4 is 5.78 Å². The first-order valence-electron chi connectivity index (χ1n) is 6.50. The minimum atomic E-state index is 0.0765. The number of aromatic hydroxyl groups is 2. The molecule has 0 aliphatic heterocycles. The molecule has 2 rings (SSSR count). The van der Waals surface area contributed by atoms with E-state index in [1.54, 1.807) is 52.1 Å². The van der Waals surface area contributed by atoms with Gasteiger partial charge in [-0.05, 0) is 68.3 Å². The second-order valence-corrected chi connectivity index (χ2v) is 4.64. The maximum absolute atomic E-state index is 10.8. The van der Waals surface area contributed by atoms with Gasteiger partial charge in [-0.3, -0.25) is 4.79 Å². The average Bonchev–Trinajstić information content (AvgIpc) is 2.50. The molecule has 0 fully saturated rings. The first-order chi connectivity index (χ1) is 9.86. The van der Waals surface area contributed by atoms with Crippen molar-refractivity contribution in [3.05, 3.63) is 53.1 Å². The van der Waals surface area contributed by atoms with E-state index in [1.165, 1.54) is 12.1 Å². The summed E-state index contributed by atoms with van der Waals surface area (Å²) in [5, 5.41) is 18.2. The number of carbonyl (C=O) groups excluding carboxylic acids is 1. The molecular formula is C17H20O4. The summed E-state index contributed by atoms with van der Waals surface area (Å²) in [6.45, 7) is 5.08. The van der Waals surface area contributed by atoms with Crippen molar-refractivity contribution in [1.29, 1.82) is 0 Å². The molecule has 0 unspecified atom stereocenters. The number of ether oxygens (including phenoxy) is 1. The van der Waals surface area contributed by atoms with Crippen LogP contribution in [0.5, 0.6) is 17.2 Å². The topological polar surface area (TPSA) is 66.8 Å². The molecule has 0 amide bonds. The molecule has 0 aliphatic rings. The molecule has 0 radical (unpaired) electrons. The van der Waals surface area contributed by atoms with E-state index in [2.05, 4.69) is 0 Å². The number of hydrogen-bond donors (Lipinski definition) is 2. The number of rotatable bonds is 2. The maximum Gasteiger partial charge on any atom is 0.159 e. The Morgan fingerprint density at radius 3 is 1.67 bits per heavy atom. The van der Waals surface area contributed by atoms with E-state index in [4.69, 9.17) is 14.9 Å². The summed E-state index contributed by atoms with van der Waals surface area (Å²) in [5.74, 6) is 1.31. The zero-order valence-electron chi connectivity index (χ0n) is 12.7. The van der Waals surface area contributed by atoms with Crippen LogP contribution in [-0.2, 0) is 0 Å². The molecule has 0 bridgehead atoms. The molecule has 2 aromatic carbocycles. The number of hydrogen-bond acceptors (Lipinski definition) is 4. The Kier molecular flexibility index (Phi) is 5.79. The van der Waals surface area contributed by atoms with Gasteiger partial charge >= 0.3 is 0 Å². The average molecular weight is 288 g/mol. The highest BCUT2D eigenvalue weighted by Gasteiger charge is 2.02. The molecular weight excluding hydrogens is 268 g/mol. The van der Waals surface area contributed by atoms with Crippen LogP contribution in [0.4, 0.5) is 0 Å². The largest absolute Gasteiger partial charge is 0.508 e. The van der Waals surface area contributed by atoms with Gasteiger partial charge in [0.15, 0.2) is 5.78 Å². The van der Waals surface area contributed by atoms with Crippen molar-refractivity contribution in [2.24, 2.45) is 0 Å². The number of ketones is 1. The van der Waals surface area contributed by atoms with E-state index in [9.17, 15) is 4.79 Å². The predicted molar refractivity (Wildman–Crippen MR) is 82.2 cm³/mol. The Morgan fingerprint density at radius 1 is 0.905 bits per heavy atom. The lowest BCUT2D eigenvalue weighted by molar-refractivity contribution is 0.101. The zero-order chi connectivity index (χ0) is 16.0. The van der Waals surface area contributed by atoms with E-state index in [-0.39, 0.29) is 17.3 Å². The van der Waals surface area contributed by atoms with E-state index in [0.717, 1.165) is 16.9 Å². The van der Waals surface area contributed by atoms with Gasteiger partial charge in [0.25, 0.3) is 0 Å². The third-order valence-corrected chi connectivity index (χ3v) is 3.23. The van der Waals surface area contributed by atoms with E-state index in [0.29, 0.717) is 5.56 Å². The van der Waals surface area contributed by atoms with Crippen molar-refractivity contribution in [1.82, 2.24) is 0 Å². The van der Waals surface area contributed by atoms with Gasteiger partial charge < -0.3 is 14.9 Å². The Morgan fingerprint density at radius 2 is 1.33 bits per heavy atom. The third kappa shape index (κ3) is 4.53. The Labute approximate surface area is 124 Å². The molecule has 0 saturated carbocycles. The first kappa shape index (κ1) is 16.6. The molecule has 4 heteroatoms. The SMILES string of the molecule is COc1ccc(C(C)=O)cc1.Cc1c(O)ccc(O)c1C. The summed E-state index contributed by atoms with van der Waals surface area (Å²) in [6.07, 6.45) is 0. The number of benzene rings is 2. The fourth-order valence-electron chi connectivity index (χ4n) is 1.62. The maximum atomic E-state index is 10.8. The van der Waals surface area contributed by atoms with Crippen LogP contribution in [0.3, 0.4) is 0 Å². The number of carbonyl (C=O) groups is 1. The van der Waals surface area contributed by atoms with Gasteiger partial charge in [-0.25, -0.2) is 0 Å². The van der Waals surface area contributed by atoms with Gasteiger partial charge in [0.2, 0.25) is 0 Å². The van der Waals surface area contributed by atoms with Crippen LogP contribution in [0, 0.1) is 13.8 Å². The summed E-state index contributed by atoms with van der Waals surface area (Å²) in [7, 11) is 1.60. The first-order valence-corrected chi connectivity index (χ1v) is 6.50. The third-order valence-electron chi connectivity index (χ3n) is 3.23. The van der Waals surface area contributed by atoms with Crippen LogP contribution in [0.15, 0.2) is 36.4 Å². The fourth-order valence-corrected chi connectivity index (χ4v) is 1.62. The van der Waals surface area contributed by atoms with Crippen LogP contribution >= 0.6 is 0 Å². The van der Waals surface area contributed by atoms with E-state index in [1.807, 2.05) is 0 Å². The van der Waals surface area contributed by atoms with Gasteiger partial charge in [0.1, 0.15) is 17.2 Å². The van der Waals surface area contributed by atoms with Crippen molar-refractivity contribution in [3.63, 3.8) is 0 Å². The normalized spacial score (nSPS) is 9.52. The fraction of sp³-hybridized carbons (Fsp3) is 0.235. The summed E-state index contributed by atoms with van der Waals surface area (Å²) >= 11 is 0. The highest BCUT2D eigenvalue weighted by Crippen LogP contribution is 2.26. The van der Waals surface area contributed by atoms with Gasteiger partial charge in [0, 0.05) is 5.56 Å². The highest BCUT2D eigenvalue weighted by atomic mass is 16.5. The monoisotopic (exact) mass is 288 g/mol. The van der Waals surface area contributed by atoms with Crippen LogP contribution in [0.2, 0.25) is 0 Å². The zero-order valence-corrected chi connectivity index (χ0v) is 12.7. The second kappa shape index (κ2) is 7.33. The number of phenolic OH excluding ortho intramolecular Hbond substituents is 2. The minimum Gasteiger partial charge on any atom is -0.508 e. The smallest absolute Gasteiger partial charge is 0.159 e. The van der Waals surface area contributed by atoms with Crippen LogP contribution in [0.25, 0.3) is 0 Å². The molecule has 0 aromatic heterocycles. The highest BCUT2D eigenvalue weighted by molar-refractivity contribution is 5.94. The quantitative estimate of drug-likeness (QED) is 0.654. The Bertz CT molecular complexity index is 588. The van der Waals surface area contributed by atoms with Crippen molar-refractivity contribution in [2.75, 3.05) is 7.11 Å².